The van der Waals surface area contributed by atoms with Crippen LogP contribution in [0.2, 0.25) is 0 Å². The number of hydrogen-bond donors (Lipinski definition) is 1. The number of hydrazone groups is 1. The van der Waals surface area contributed by atoms with E-state index in [1.165, 1.54) is 24.4 Å². The summed E-state index contributed by atoms with van der Waals surface area (Å²) in [4.78, 5) is 12.2. The van der Waals surface area contributed by atoms with Gasteiger partial charge in [-0.3, -0.25) is 9.10 Å². The van der Waals surface area contributed by atoms with Crippen LogP contribution in [-0.2, 0) is 14.8 Å². The third-order valence-electron chi connectivity index (χ3n) is 3.80. The molecule has 0 saturated heterocycles. The summed E-state index contributed by atoms with van der Waals surface area (Å²) in [7, 11) is -3.88. The molecule has 1 heterocycles. The highest BCUT2D eigenvalue weighted by Gasteiger charge is 2.23. The first-order chi connectivity index (χ1) is 13.4. The molecule has 0 fully saturated rings. The van der Waals surface area contributed by atoms with E-state index in [1.807, 2.05) is 0 Å². The molecule has 0 aromatic heterocycles. The van der Waals surface area contributed by atoms with Gasteiger partial charge in [-0.25, -0.2) is 18.2 Å². The minimum absolute atomic E-state index is 0.216. The highest BCUT2D eigenvalue weighted by Crippen LogP contribution is 2.32. The number of anilines is 1. The number of amides is 1. The number of hydrogen-bond acceptors (Lipinski definition) is 6. The zero-order valence-corrected chi connectivity index (χ0v) is 15.8. The lowest BCUT2D eigenvalue weighted by Crippen LogP contribution is -2.39. The van der Waals surface area contributed by atoms with Crippen LogP contribution >= 0.6 is 0 Å². The van der Waals surface area contributed by atoms with Gasteiger partial charge >= 0.3 is 0 Å². The lowest BCUT2D eigenvalue weighted by Gasteiger charge is -2.21. The van der Waals surface area contributed by atoms with Crippen molar-refractivity contribution in [2.24, 2.45) is 5.10 Å². The summed E-state index contributed by atoms with van der Waals surface area (Å²) in [5.41, 5.74) is 2.61. The molecule has 1 aliphatic heterocycles. The van der Waals surface area contributed by atoms with E-state index in [-0.39, 0.29) is 5.69 Å². The van der Waals surface area contributed by atoms with E-state index in [0.717, 1.165) is 12.3 Å². The average Bonchev–Trinajstić information content (AvgIpc) is 2.66. The Morgan fingerprint density at radius 1 is 1.21 bits per heavy atom. The maximum Gasteiger partial charge on any atom is 0.260 e. The molecule has 0 saturated carbocycles. The first-order valence-electron chi connectivity index (χ1n) is 8.29. The van der Waals surface area contributed by atoms with Crippen molar-refractivity contribution in [3.8, 4) is 11.5 Å². The summed E-state index contributed by atoms with van der Waals surface area (Å²) in [5.74, 6) is -0.399. The summed E-state index contributed by atoms with van der Waals surface area (Å²) in [6.45, 7) is 0.224. The first-order valence-corrected chi connectivity index (χ1v) is 10.1. The Morgan fingerprint density at radius 3 is 2.71 bits per heavy atom. The minimum Gasteiger partial charge on any atom is -0.486 e. The van der Waals surface area contributed by atoms with Gasteiger partial charge in [0, 0.05) is 5.56 Å². The first kappa shape index (κ1) is 19.6. The summed E-state index contributed by atoms with van der Waals surface area (Å²) >= 11 is 0. The van der Waals surface area contributed by atoms with E-state index < -0.39 is 28.3 Å². The number of benzene rings is 2. The number of nitrogens with one attached hydrogen (secondary N) is 1. The maximum absolute atomic E-state index is 14.0. The van der Waals surface area contributed by atoms with Crippen molar-refractivity contribution in [3.05, 3.63) is 53.8 Å². The van der Waals surface area contributed by atoms with Crippen LogP contribution in [0.3, 0.4) is 0 Å². The van der Waals surface area contributed by atoms with Crippen molar-refractivity contribution < 1.29 is 27.1 Å². The average molecular weight is 407 g/mol. The topological polar surface area (TPSA) is 97.3 Å². The van der Waals surface area contributed by atoms with Crippen LogP contribution in [0, 0.1) is 5.82 Å². The van der Waals surface area contributed by atoms with Crippen LogP contribution in [0.5, 0.6) is 11.5 Å². The fraction of sp³-hybridized carbons (Fsp3) is 0.222. The van der Waals surface area contributed by atoms with Gasteiger partial charge < -0.3 is 9.47 Å². The molecule has 0 unspecified atom stereocenters. The van der Waals surface area contributed by atoms with Gasteiger partial charge in [0.2, 0.25) is 10.0 Å². The Bertz CT molecular complexity index is 1010. The summed E-state index contributed by atoms with van der Waals surface area (Å²) in [6, 6.07) is 10.5. The van der Waals surface area contributed by atoms with Gasteiger partial charge in [0.15, 0.2) is 11.5 Å². The van der Waals surface area contributed by atoms with Crippen LogP contribution in [0.1, 0.15) is 5.56 Å². The van der Waals surface area contributed by atoms with E-state index >= 15 is 0 Å². The van der Waals surface area contributed by atoms with E-state index in [1.54, 1.807) is 18.2 Å². The molecule has 0 radical (unpaired) electrons. The Hall–Kier alpha value is -3.14. The Labute approximate surface area is 161 Å². The summed E-state index contributed by atoms with van der Waals surface area (Å²) in [6.07, 6.45) is 2.25. The molecule has 0 atom stereocenters. The van der Waals surface area contributed by atoms with Gasteiger partial charge in [-0.05, 0) is 24.3 Å². The molecular weight excluding hydrogens is 389 g/mol. The number of ether oxygens (including phenoxy) is 2. The molecule has 1 N–H and O–H groups in total. The van der Waals surface area contributed by atoms with E-state index in [4.69, 9.17) is 9.47 Å². The van der Waals surface area contributed by atoms with Gasteiger partial charge in [0.05, 0.1) is 18.2 Å². The quantitative estimate of drug-likeness (QED) is 0.578. The number of fused-ring (bicyclic) bond motifs is 1. The summed E-state index contributed by atoms with van der Waals surface area (Å²) in [5, 5.41) is 3.83. The molecule has 2 aromatic rings. The molecule has 1 amide bonds. The number of para-hydroxylation sites is 2. The van der Waals surface area contributed by atoms with E-state index in [9.17, 15) is 17.6 Å². The highest BCUT2D eigenvalue weighted by molar-refractivity contribution is 7.92. The monoisotopic (exact) mass is 407 g/mol. The Morgan fingerprint density at radius 2 is 1.96 bits per heavy atom. The van der Waals surface area contributed by atoms with Crippen LogP contribution in [0.4, 0.5) is 10.1 Å². The minimum atomic E-state index is -3.88. The van der Waals surface area contributed by atoms with Gasteiger partial charge in [-0.1, -0.05) is 18.2 Å². The SMILES string of the molecule is CS(=O)(=O)N(CC(=O)N/N=C\c1cccc2c1OCCO2)c1ccccc1F. The molecule has 28 heavy (non-hydrogen) atoms. The number of carbonyl (C=O) groups excluding carboxylic acids is 1. The highest BCUT2D eigenvalue weighted by atomic mass is 32.2. The molecule has 0 aliphatic carbocycles. The molecule has 0 bridgehead atoms. The Balaban J connectivity index is 1.71. The van der Waals surface area contributed by atoms with Crippen molar-refractivity contribution in [1.82, 2.24) is 5.43 Å². The second-order valence-electron chi connectivity index (χ2n) is 5.89. The standard InChI is InChI=1S/C18H18FN3O5S/c1-28(24,25)22(15-7-3-2-6-14(15)19)12-17(23)21-20-11-13-5-4-8-16-18(13)27-10-9-26-16/h2-8,11H,9-10,12H2,1H3,(H,21,23)/b20-11-. The number of sulfonamides is 1. The second kappa shape index (κ2) is 8.26. The largest absolute Gasteiger partial charge is 0.486 e. The molecule has 1 aliphatic rings. The zero-order valence-electron chi connectivity index (χ0n) is 15.0. The van der Waals surface area contributed by atoms with Crippen LogP contribution in [0.25, 0.3) is 0 Å². The third-order valence-corrected chi connectivity index (χ3v) is 4.92. The molecule has 3 rings (SSSR count). The lowest BCUT2D eigenvalue weighted by molar-refractivity contribution is -0.119. The van der Waals surface area contributed by atoms with Gasteiger partial charge in [-0.2, -0.15) is 5.10 Å². The molecule has 2 aromatic carbocycles. The molecule has 10 heteroatoms. The maximum atomic E-state index is 14.0. The van der Waals surface area contributed by atoms with E-state index in [2.05, 4.69) is 10.5 Å². The van der Waals surface area contributed by atoms with Crippen molar-refractivity contribution in [2.75, 3.05) is 30.3 Å². The van der Waals surface area contributed by atoms with Crippen molar-refractivity contribution in [1.29, 1.82) is 0 Å². The number of rotatable bonds is 6. The fourth-order valence-electron chi connectivity index (χ4n) is 2.57. The van der Waals surface area contributed by atoms with Crippen molar-refractivity contribution in [2.45, 2.75) is 0 Å². The molecule has 0 spiro atoms. The van der Waals surface area contributed by atoms with Crippen molar-refractivity contribution in [3.63, 3.8) is 0 Å². The fourth-order valence-corrected chi connectivity index (χ4v) is 3.43. The number of halogens is 1. The number of nitrogens with zero attached hydrogens (tertiary/aromatic N) is 2. The third kappa shape index (κ3) is 4.58. The summed E-state index contributed by atoms with van der Waals surface area (Å²) < 4.78 is 49.6. The van der Waals surface area contributed by atoms with Crippen LogP contribution < -0.4 is 19.2 Å². The Kier molecular flexibility index (Phi) is 5.78. The van der Waals surface area contributed by atoms with Gasteiger partial charge in [-0.15, -0.1) is 0 Å². The molecular formula is C18H18FN3O5S. The molecule has 148 valence electrons. The second-order valence-corrected chi connectivity index (χ2v) is 7.79. The van der Waals surface area contributed by atoms with Crippen molar-refractivity contribution >= 4 is 27.8 Å². The molecule has 8 nitrogen and oxygen atoms in total. The smallest absolute Gasteiger partial charge is 0.260 e. The van der Waals surface area contributed by atoms with E-state index in [0.29, 0.717) is 34.6 Å². The van der Waals surface area contributed by atoms with Gasteiger partial charge in [0.1, 0.15) is 25.6 Å². The van der Waals surface area contributed by atoms with Crippen LogP contribution in [-0.4, -0.2) is 46.6 Å². The van der Waals surface area contributed by atoms with Gasteiger partial charge in [0.25, 0.3) is 5.91 Å². The zero-order chi connectivity index (χ0) is 20.1. The lowest BCUT2D eigenvalue weighted by atomic mass is 10.2. The van der Waals surface area contributed by atoms with Crippen LogP contribution in [0.15, 0.2) is 47.6 Å². The predicted octanol–water partition coefficient (Wildman–Crippen LogP) is 1.51. The predicted molar refractivity (Wildman–Crippen MR) is 102 cm³/mol. The number of carbonyl (C=O) groups is 1. The normalized spacial score (nSPS) is 13.4.